The van der Waals surface area contributed by atoms with Crippen LogP contribution in [0, 0.1) is 0 Å². The summed E-state index contributed by atoms with van der Waals surface area (Å²) in [7, 11) is -3.92. The van der Waals surface area contributed by atoms with Crippen LogP contribution in [0.1, 0.15) is 136 Å². The summed E-state index contributed by atoms with van der Waals surface area (Å²) < 4.78 is 22.4. The van der Waals surface area contributed by atoms with Crippen LogP contribution >= 0.6 is 7.82 Å². The molecule has 0 aromatic carbocycles. The van der Waals surface area contributed by atoms with Gasteiger partial charge < -0.3 is 9.79 Å². The van der Waals surface area contributed by atoms with Crippen LogP contribution in [-0.4, -0.2) is 42.6 Å². The van der Waals surface area contributed by atoms with Crippen molar-refractivity contribution < 1.29 is 18.5 Å². The molecule has 0 saturated carbocycles. The Hall–Kier alpha value is -0.190. The molecule has 204 valence electrons. The molecule has 0 aliphatic carbocycles. The number of phosphoric ester groups is 1. The molecule has 0 fully saturated rings. The highest BCUT2D eigenvalue weighted by Crippen LogP contribution is 2.43. The fourth-order valence-corrected chi connectivity index (χ4v) is 4.70. The van der Waals surface area contributed by atoms with Gasteiger partial charge in [-0.2, -0.15) is 0 Å². The van der Waals surface area contributed by atoms with E-state index < -0.39 is 7.82 Å². The van der Waals surface area contributed by atoms with E-state index in [9.17, 15) is 9.46 Å². The zero-order chi connectivity index (χ0) is 25.2. The molecule has 6 heteroatoms. The van der Waals surface area contributed by atoms with E-state index in [1.807, 2.05) is 0 Å². The van der Waals surface area contributed by atoms with E-state index in [0.29, 0.717) is 13.2 Å². The zero-order valence-corrected chi connectivity index (χ0v) is 23.9. The molecule has 1 unspecified atom stereocenters. The summed E-state index contributed by atoms with van der Waals surface area (Å²) in [4.78, 5) is 12.2. The van der Waals surface area contributed by atoms with Crippen LogP contribution in [0.25, 0.3) is 0 Å². The van der Waals surface area contributed by atoms with Gasteiger partial charge >= 0.3 is 7.82 Å². The smallest absolute Gasteiger partial charge is 0.302 e. The summed E-state index contributed by atoms with van der Waals surface area (Å²) in [5.74, 6) is 0. The Balaban J connectivity index is 3.56. The molecule has 0 rings (SSSR count). The lowest BCUT2D eigenvalue weighted by Gasteiger charge is -2.22. The molecule has 0 aromatic heterocycles. The number of hydrogen-bond donors (Lipinski definition) is 1. The van der Waals surface area contributed by atoms with Crippen LogP contribution in [0.4, 0.5) is 0 Å². The Labute approximate surface area is 212 Å². The van der Waals surface area contributed by atoms with Crippen molar-refractivity contribution in [2.75, 3.05) is 32.8 Å². The van der Waals surface area contributed by atoms with E-state index in [1.165, 1.54) is 70.6 Å². The van der Waals surface area contributed by atoms with Crippen LogP contribution in [0.2, 0.25) is 0 Å². The third kappa shape index (κ3) is 24.9. The van der Waals surface area contributed by atoms with Crippen molar-refractivity contribution in [3.8, 4) is 0 Å². The normalized spacial score (nSPS) is 13.8. The summed E-state index contributed by atoms with van der Waals surface area (Å²) in [6.07, 6.45) is 26.7. The lowest BCUT2D eigenvalue weighted by molar-refractivity contribution is 0.128. The summed E-state index contributed by atoms with van der Waals surface area (Å²) in [5, 5.41) is 0. The van der Waals surface area contributed by atoms with Gasteiger partial charge in [-0.25, -0.2) is 4.57 Å². The minimum absolute atomic E-state index is 0.245. The molecule has 0 radical (unpaired) electrons. The second-order valence-electron chi connectivity index (χ2n) is 9.62. The van der Waals surface area contributed by atoms with Gasteiger partial charge in [0.25, 0.3) is 0 Å². The molecule has 0 heterocycles. The van der Waals surface area contributed by atoms with Crippen molar-refractivity contribution in [3.63, 3.8) is 0 Å². The van der Waals surface area contributed by atoms with Crippen molar-refractivity contribution in [1.82, 2.24) is 4.90 Å². The van der Waals surface area contributed by atoms with Gasteiger partial charge in [-0.3, -0.25) is 9.05 Å². The molecule has 5 nitrogen and oxygen atoms in total. The second-order valence-corrected chi connectivity index (χ2v) is 11.1. The van der Waals surface area contributed by atoms with E-state index >= 15 is 0 Å². The Morgan fingerprint density at radius 1 is 0.588 bits per heavy atom. The van der Waals surface area contributed by atoms with Gasteiger partial charge in [0.15, 0.2) is 0 Å². The first-order valence-electron chi connectivity index (χ1n) is 14.5. The number of phosphoric acid groups is 1. The first-order valence-corrected chi connectivity index (χ1v) is 16.0. The van der Waals surface area contributed by atoms with Gasteiger partial charge in [-0.15, -0.1) is 0 Å². The van der Waals surface area contributed by atoms with E-state index in [-0.39, 0.29) is 6.61 Å². The highest BCUT2D eigenvalue weighted by atomic mass is 31.2. The minimum Gasteiger partial charge on any atom is -0.302 e. The van der Waals surface area contributed by atoms with E-state index in [4.69, 9.17) is 9.05 Å². The minimum atomic E-state index is -3.92. The standard InChI is InChI=1S/C28H58NO4P/c1-4-7-10-11-12-13-14-15-16-17-18-19-20-21-22-23-27-32-34(30,31)33-28-26-29(24-8-5-2)25-9-6-3/h15-16H,4-14,17-28H2,1-3H3,(H,30,31)/b16-15-. The van der Waals surface area contributed by atoms with Crippen LogP contribution in [0.5, 0.6) is 0 Å². The Morgan fingerprint density at radius 3 is 1.56 bits per heavy atom. The highest BCUT2D eigenvalue weighted by molar-refractivity contribution is 7.47. The largest absolute Gasteiger partial charge is 0.472 e. The number of nitrogens with zero attached hydrogens (tertiary/aromatic N) is 1. The maximum absolute atomic E-state index is 12.1. The molecule has 0 bridgehead atoms. The number of rotatable bonds is 27. The maximum atomic E-state index is 12.1. The molecule has 0 amide bonds. The van der Waals surface area contributed by atoms with E-state index in [1.54, 1.807) is 0 Å². The first-order chi connectivity index (χ1) is 16.6. The van der Waals surface area contributed by atoms with Crippen LogP contribution in [0.3, 0.4) is 0 Å². The third-order valence-corrected chi connectivity index (χ3v) is 7.25. The van der Waals surface area contributed by atoms with Crippen molar-refractivity contribution in [2.24, 2.45) is 0 Å². The van der Waals surface area contributed by atoms with Gasteiger partial charge in [0.05, 0.1) is 13.2 Å². The molecule has 0 aromatic rings. The first kappa shape index (κ1) is 33.8. The molecule has 1 N–H and O–H groups in total. The molecule has 1 atom stereocenters. The van der Waals surface area contributed by atoms with Gasteiger partial charge in [0, 0.05) is 6.54 Å². The van der Waals surface area contributed by atoms with Gasteiger partial charge in [-0.05, 0) is 58.0 Å². The highest BCUT2D eigenvalue weighted by Gasteiger charge is 2.20. The third-order valence-electron chi connectivity index (χ3n) is 6.23. The van der Waals surface area contributed by atoms with Gasteiger partial charge in [0.1, 0.15) is 0 Å². The van der Waals surface area contributed by atoms with Crippen LogP contribution < -0.4 is 0 Å². The zero-order valence-electron chi connectivity index (χ0n) is 23.0. The number of allylic oxidation sites excluding steroid dienone is 2. The molecular weight excluding hydrogens is 445 g/mol. The summed E-state index contributed by atoms with van der Waals surface area (Å²) in [6.45, 7) is 9.89. The molecular formula is C28H58NO4P. The molecule has 0 saturated heterocycles. The topological polar surface area (TPSA) is 59.0 Å². The molecule has 0 aliphatic heterocycles. The average Bonchev–Trinajstić information content (AvgIpc) is 2.82. The summed E-state index contributed by atoms with van der Waals surface area (Å²) >= 11 is 0. The second kappa shape index (κ2) is 25.9. The van der Waals surface area contributed by atoms with Crippen molar-refractivity contribution in [1.29, 1.82) is 0 Å². The predicted octanol–water partition coefficient (Wildman–Crippen LogP) is 9.06. The summed E-state index contributed by atoms with van der Waals surface area (Å²) in [5.41, 5.74) is 0. The lowest BCUT2D eigenvalue weighted by Crippen LogP contribution is -2.29. The Morgan fingerprint density at radius 2 is 1.03 bits per heavy atom. The van der Waals surface area contributed by atoms with Crippen molar-refractivity contribution >= 4 is 7.82 Å². The average molecular weight is 504 g/mol. The van der Waals surface area contributed by atoms with E-state index in [2.05, 4.69) is 37.8 Å². The molecule has 0 spiro atoms. The molecule has 0 aliphatic rings. The molecule has 34 heavy (non-hydrogen) atoms. The van der Waals surface area contributed by atoms with Crippen LogP contribution in [-0.2, 0) is 13.6 Å². The lowest BCUT2D eigenvalue weighted by atomic mass is 10.1. The van der Waals surface area contributed by atoms with Gasteiger partial charge in [0.2, 0.25) is 0 Å². The fraction of sp³-hybridized carbons (Fsp3) is 0.929. The fourth-order valence-electron chi connectivity index (χ4n) is 3.95. The monoisotopic (exact) mass is 503 g/mol. The van der Waals surface area contributed by atoms with Crippen molar-refractivity contribution in [2.45, 2.75) is 136 Å². The maximum Gasteiger partial charge on any atom is 0.472 e. The van der Waals surface area contributed by atoms with Gasteiger partial charge in [-0.1, -0.05) is 104 Å². The quantitative estimate of drug-likeness (QED) is 0.0688. The van der Waals surface area contributed by atoms with E-state index in [0.717, 1.165) is 58.0 Å². The van der Waals surface area contributed by atoms with Crippen LogP contribution in [0.15, 0.2) is 12.2 Å². The number of hydrogen-bond acceptors (Lipinski definition) is 4. The van der Waals surface area contributed by atoms with Crippen molar-refractivity contribution in [3.05, 3.63) is 12.2 Å². The Kier molecular flexibility index (Phi) is 25.7. The summed E-state index contributed by atoms with van der Waals surface area (Å²) in [6, 6.07) is 0. The Bertz CT molecular complexity index is 479. The number of unbranched alkanes of at least 4 members (excludes halogenated alkanes) is 14. The SMILES string of the molecule is CCCCCCCC/C=C\CCCCCCCCOP(=O)(O)OCCN(CCCC)CCCC. The predicted molar refractivity (Wildman–Crippen MR) is 147 cm³/mol.